The summed E-state index contributed by atoms with van der Waals surface area (Å²) in [5.41, 5.74) is 1.91. The molecule has 0 saturated carbocycles. The summed E-state index contributed by atoms with van der Waals surface area (Å²) in [6.07, 6.45) is 1.71. The Morgan fingerprint density at radius 2 is 1.86 bits per heavy atom. The van der Waals surface area contributed by atoms with E-state index in [0.29, 0.717) is 0 Å². The Balaban J connectivity index is 2.09. The molecule has 2 amide bonds. The van der Waals surface area contributed by atoms with Crippen LogP contribution in [0.1, 0.15) is 32.3 Å². The van der Waals surface area contributed by atoms with E-state index in [2.05, 4.69) is 0 Å². The predicted molar refractivity (Wildman–Crippen MR) is 82.0 cm³/mol. The Morgan fingerprint density at radius 1 is 1.14 bits per heavy atom. The number of para-hydroxylation sites is 1. The maximum Gasteiger partial charge on any atom is 0.250 e. The number of piperazine rings is 1. The van der Waals surface area contributed by atoms with Crippen LogP contribution in [0.2, 0.25) is 0 Å². The smallest absolute Gasteiger partial charge is 0.250 e. The number of fused-ring (bicyclic) bond motifs is 1. The largest absolute Gasteiger partial charge is 0.329 e. The van der Waals surface area contributed by atoms with Crippen LogP contribution < -0.4 is 4.90 Å². The van der Waals surface area contributed by atoms with Crippen molar-refractivity contribution < 1.29 is 9.59 Å². The molecule has 2 aliphatic heterocycles. The number of anilines is 1. The van der Waals surface area contributed by atoms with Crippen molar-refractivity contribution in [2.45, 2.75) is 45.7 Å². The molecule has 21 heavy (non-hydrogen) atoms. The second-order valence-electron chi connectivity index (χ2n) is 6.37. The van der Waals surface area contributed by atoms with E-state index in [9.17, 15) is 9.59 Å². The molecular weight excluding hydrogens is 264 g/mol. The molecule has 0 aliphatic carbocycles. The average molecular weight is 286 g/mol. The van der Waals surface area contributed by atoms with Gasteiger partial charge in [0.15, 0.2) is 0 Å². The normalized spacial score (nSPS) is 25.7. The van der Waals surface area contributed by atoms with Gasteiger partial charge in [0, 0.05) is 12.2 Å². The molecule has 0 bridgehead atoms. The minimum Gasteiger partial charge on any atom is -0.329 e. The molecule has 0 spiro atoms. The molecule has 2 fully saturated rings. The van der Waals surface area contributed by atoms with Gasteiger partial charge >= 0.3 is 0 Å². The van der Waals surface area contributed by atoms with Crippen LogP contribution in [0.4, 0.5) is 5.69 Å². The molecule has 2 atom stereocenters. The van der Waals surface area contributed by atoms with Gasteiger partial charge in [-0.25, -0.2) is 0 Å². The number of benzene rings is 1. The summed E-state index contributed by atoms with van der Waals surface area (Å²) in [6.45, 7) is 6.74. The van der Waals surface area contributed by atoms with Crippen molar-refractivity contribution in [2.75, 3.05) is 11.4 Å². The third kappa shape index (κ3) is 2.13. The van der Waals surface area contributed by atoms with E-state index in [1.165, 1.54) is 0 Å². The molecule has 2 unspecified atom stereocenters. The highest BCUT2D eigenvalue weighted by Gasteiger charge is 2.49. The Morgan fingerprint density at radius 3 is 2.52 bits per heavy atom. The van der Waals surface area contributed by atoms with E-state index in [-0.39, 0.29) is 29.8 Å². The summed E-state index contributed by atoms with van der Waals surface area (Å²) >= 11 is 0. The number of carbonyl (C=O) groups excluding carboxylic acids is 2. The van der Waals surface area contributed by atoms with Crippen LogP contribution in [-0.4, -0.2) is 35.3 Å². The highest BCUT2D eigenvalue weighted by atomic mass is 16.2. The highest BCUT2D eigenvalue weighted by Crippen LogP contribution is 2.34. The van der Waals surface area contributed by atoms with E-state index < -0.39 is 0 Å². The number of hydrogen-bond donors (Lipinski definition) is 0. The summed E-state index contributed by atoms with van der Waals surface area (Å²) < 4.78 is 0. The van der Waals surface area contributed by atoms with Crippen LogP contribution in [-0.2, 0) is 9.59 Å². The molecule has 4 nitrogen and oxygen atoms in total. The van der Waals surface area contributed by atoms with Gasteiger partial charge in [-0.15, -0.1) is 0 Å². The Bertz CT molecular complexity index is 582. The number of nitrogens with zero attached hydrogens (tertiary/aromatic N) is 2. The third-order valence-corrected chi connectivity index (χ3v) is 4.60. The molecule has 1 aromatic carbocycles. The number of amides is 2. The number of carbonyl (C=O) groups is 2. The third-order valence-electron chi connectivity index (χ3n) is 4.60. The molecule has 4 heteroatoms. The molecule has 2 heterocycles. The van der Waals surface area contributed by atoms with E-state index in [1.807, 2.05) is 45.0 Å². The fourth-order valence-electron chi connectivity index (χ4n) is 3.55. The minimum absolute atomic E-state index is 0.0834. The highest BCUT2D eigenvalue weighted by molar-refractivity contribution is 6.09. The number of rotatable bonds is 2. The van der Waals surface area contributed by atoms with Crippen LogP contribution in [0, 0.1) is 12.8 Å². The van der Waals surface area contributed by atoms with Crippen molar-refractivity contribution in [3.8, 4) is 0 Å². The van der Waals surface area contributed by atoms with Gasteiger partial charge in [0.2, 0.25) is 5.91 Å². The van der Waals surface area contributed by atoms with Gasteiger partial charge in [-0.1, -0.05) is 32.0 Å². The Kier molecular flexibility index (Phi) is 3.47. The van der Waals surface area contributed by atoms with Crippen molar-refractivity contribution in [3.63, 3.8) is 0 Å². The van der Waals surface area contributed by atoms with Gasteiger partial charge in [0.05, 0.1) is 0 Å². The van der Waals surface area contributed by atoms with Gasteiger partial charge in [0.1, 0.15) is 12.1 Å². The summed E-state index contributed by atoms with van der Waals surface area (Å²) in [6, 6.07) is 7.19. The Labute approximate surface area is 125 Å². The molecule has 1 aromatic rings. The van der Waals surface area contributed by atoms with Crippen molar-refractivity contribution in [1.29, 1.82) is 0 Å². The van der Waals surface area contributed by atoms with Crippen molar-refractivity contribution in [1.82, 2.24) is 4.90 Å². The first kappa shape index (κ1) is 14.1. The van der Waals surface area contributed by atoms with Gasteiger partial charge in [-0.05, 0) is 37.3 Å². The average Bonchev–Trinajstić information content (AvgIpc) is 2.93. The molecule has 3 rings (SSSR count). The zero-order chi connectivity index (χ0) is 15.1. The van der Waals surface area contributed by atoms with E-state index in [0.717, 1.165) is 30.6 Å². The summed E-state index contributed by atoms with van der Waals surface area (Å²) in [5.74, 6) is 0.290. The Hall–Kier alpha value is -1.84. The fraction of sp³-hybridized carbons (Fsp3) is 0.529. The topological polar surface area (TPSA) is 40.6 Å². The van der Waals surface area contributed by atoms with E-state index >= 15 is 0 Å². The van der Waals surface area contributed by atoms with Crippen molar-refractivity contribution in [2.24, 2.45) is 5.92 Å². The first-order valence-electron chi connectivity index (χ1n) is 7.71. The van der Waals surface area contributed by atoms with Gasteiger partial charge in [0.25, 0.3) is 5.91 Å². The minimum atomic E-state index is -0.382. The van der Waals surface area contributed by atoms with Crippen LogP contribution in [0.5, 0.6) is 0 Å². The predicted octanol–water partition coefficient (Wildman–Crippen LogP) is 2.36. The van der Waals surface area contributed by atoms with Crippen LogP contribution in [0.3, 0.4) is 0 Å². The zero-order valence-electron chi connectivity index (χ0n) is 12.9. The van der Waals surface area contributed by atoms with Crippen molar-refractivity contribution in [3.05, 3.63) is 29.8 Å². The maximum absolute atomic E-state index is 13.0. The first-order valence-corrected chi connectivity index (χ1v) is 7.71. The molecule has 0 aromatic heterocycles. The molecule has 0 radical (unpaired) electrons. The van der Waals surface area contributed by atoms with Crippen LogP contribution in [0.15, 0.2) is 24.3 Å². The van der Waals surface area contributed by atoms with Crippen molar-refractivity contribution >= 4 is 17.5 Å². The van der Waals surface area contributed by atoms with E-state index in [4.69, 9.17) is 0 Å². The summed E-state index contributed by atoms with van der Waals surface area (Å²) in [4.78, 5) is 29.3. The van der Waals surface area contributed by atoms with Crippen LogP contribution >= 0.6 is 0 Å². The maximum atomic E-state index is 13.0. The fourth-order valence-corrected chi connectivity index (χ4v) is 3.55. The van der Waals surface area contributed by atoms with E-state index in [1.54, 1.807) is 9.80 Å². The van der Waals surface area contributed by atoms with Gasteiger partial charge < -0.3 is 4.90 Å². The lowest BCUT2D eigenvalue weighted by molar-refractivity contribution is -0.145. The van der Waals surface area contributed by atoms with Crippen LogP contribution in [0.25, 0.3) is 0 Å². The standard InChI is InChI=1S/C17H22N2O2/c1-11(2)15-17(21)18-10-6-9-14(18)16(20)19(15)13-8-5-4-7-12(13)3/h4-5,7-8,11,14-15H,6,9-10H2,1-3H3. The quantitative estimate of drug-likeness (QED) is 0.837. The molecule has 0 N–H and O–H groups in total. The lowest BCUT2D eigenvalue weighted by Gasteiger charge is -2.44. The summed E-state index contributed by atoms with van der Waals surface area (Å²) in [5, 5.41) is 0. The zero-order valence-corrected chi connectivity index (χ0v) is 12.9. The molecule has 2 saturated heterocycles. The second-order valence-corrected chi connectivity index (χ2v) is 6.37. The second kappa shape index (κ2) is 5.17. The van der Waals surface area contributed by atoms with Gasteiger partial charge in [-0.3, -0.25) is 14.5 Å². The lowest BCUT2D eigenvalue weighted by atomic mass is 9.94. The number of aryl methyl sites for hydroxylation is 1. The molecule has 112 valence electrons. The molecule has 2 aliphatic rings. The lowest BCUT2D eigenvalue weighted by Crippen LogP contribution is -2.64. The van der Waals surface area contributed by atoms with Gasteiger partial charge in [-0.2, -0.15) is 0 Å². The summed E-state index contributed by atoms with van der Waals surface area (Å²) in [7, 11) is 0. The SMILES string of the molecule is Cc1ccccc1N1C(=O)C2CCCN2C(=O)C1C(C)C. The number of hydrogen-bond acceptors (Lipinski definition) is 2. The first-order chi connectivity index (χ1) is 10.0. The monoisotopic (exact) mass is 286 g/mol. The molecular formula is C17H22N2O2.